The van der Waals surface area contributed by atoms with Gasteiger partial charge in [0.25, 0.3) is 0 Å². The lowest BCUT2D eigenvalue weighted by Crippen LogP contribution is -2.39. The van der Waals surface area contributed by atoms with E-state index in [-0.39, 0.29) is 12.1 Å². The second-order valence-corrected chi connectivity index (χ2v) is 6.47. The van der Waals surface area contributed by atoms with Crippen molar-refractivity contribution in [2.45, 2.75) is 25.4 Å². The molecule has 6 heteroatoms. The summed E-state index contributed by atoms with van der Waals surface area (Å²) in [4.78, 5) is 14.6. The third kappa shape index (κ3) is 4.27. The lowest BCUT2D eigenvalue weighted by molar-refractivity contribution is 0.192. The number of nitrogens with zero attached hydrogens (tertiary/aromatic N) is 1. The quantitative estimate of drug-likeness (QED) is 0.841. The molecule has 0 radical (unpaired) electrons. The zero-order chi connectivity index (χ0) is 19.2. The van der Waals surface area contributed by atoms with Gasteiger partial charge in [0.15, 0.2) is 11.5 Å². The third-order valence-electron chi connectivity index (χ3n) is 4.91. The molecule has 27 heavy (non-hydrogen) atoms. The minimum atomic E-state index is -0.0527. The lowest BCUT2D eigenvalue weighted by Gasteiger charge is -2.26. The topological polar surface area (TPSA) is 60.0 Å². The fourth-order valence-corrected chi connectivity index (χ4v) is 3.44. The molecule has 2 amide bonds. The largest absolute Gasteiger partial charge is 0.497 e. The molecular formula is C21H26N2O4. The number of benzene rings is 2. The van der Waals surface area contributed by atoms with Crippen LogP contribution >= 0.6 is 0 Å². The number of urea groups is 1. The molecule has 2 aromatic rings. The van der Waals surface area contributed by atoms with Crippen LogP contribution in [-0.4, -0.2) is 38.8 Å². The average Bonchev–Trinajstić information content (AvgIpc) is 3.21. The van der Waals surface area contributed by atoms with Crippen molar-refractivity contribution >= 4 is 6.03 Å². The van der Waals surface area contributed by atoms with Gasteiger partial charge in [-0.25, -0.2) is 4.79 Å². The Kier molecular flexibility index (Phi) is 6.06. The van der Waals surface area contributed by atoms with E-state index >= 15 is 0 Å². The Morgan fingerprint density at radius 1 is 1.04 bits per heavy atom. The molecule has 6 nitrogen and oxygen atoms in total. The SMILES string of the molecule is COc1ccc(CNC(=O)N2CCCC2c2ccc(OC)c(OC)c2)cc1. The van der Waals surface area contributed by atoms with Crippen LogP contribution in [0.5, 0.6) is 17.2 Å². The Balaban J connectivity index is 1.67. The van der Waals surface area contributed by atoms with Crippen molar-refractivity contribution in [1.29, 1.82) is 0 Å². The van der Waals surface area contributed by atoms with E-state index in [9.17, 15) is 4.79 Å². The molecule has 1 unspecified atom stereocenters. The highest BCUT2D eigenvalue weighted by atomic mass is 16.5. The molecule has 0 saturated carbocycles. The summed E-state index contributed by atoms with van der Waals surface area (Å²) >= 11 is 0. The van der Waals surface area contributed by atoms with Gasteiger partial charge in [-0.05, 0) is 48.2 Å². The number of ether oxygens (including phenoxy) is 3. The lowest BCUT2D eigenvalue weighted by atomic mass is 10.0. The first-order valence-electron chi connectivity index (χ1n) is 9.05. The van der Waals surface area contributed by atoms with Gasteiger partial charge < -0.3 is 24.4 Å². The number of nitrogens with one attached hydrogen (secondary N) is 1. The van der Waals surface area contributed by atoms with E-state index in [2.05, 4.69) is 5.32 Å². The molecule has 0 aromatic heterocycles. The van der Waals surface area contributed by atoms with Crippen molar-refractivity contribution in [3.63, 3.8) is 0 Å². The van der Waals surface area contributed by atoms with Crippen LogP contribution in [0.3, 0.4) is 0 Å². The maximum Gasteiger partial charge on any atom is 0.318 e. The zero-order valence-corrected chi connectivity index (χ0v) is 16.0. The van der Waals surface area contributed by atoms with Crippen LogP contribution in [0.15, 0.2) is 42.5 Å². The molecule has 1 atom stereocenters. The third-order valence-corrected chi connectivity index (χ3v) is 4.91. The normalized spacial score (nSPS) is 16.1. The Bertz CT molecular complexity index is 776. The number of hydrogen-bond acceptors (Lipinski definition) is 4. The van der Waals surface area contributed by atoms with Crippen molar-refractivity contribution in [3.8, 4) is 17.2 Å². The van der Waals surface area contributed by atoms with Gasteiger partial charge in [-0.2, -0.15) is 0 Å². The Hall–Kier alpha value is -2.89. The molecule has 2 aromatic carbocycles. The highest BCUT2D eigenvalue weighted by Crippen LogP contribution is 2.36. The van der Waals surface area contributed by atoms with E-state index < -0.39 is 0 Å². The van der Waals surface area contributed by atoms with Crippen LogP contribution < -0.4 is 19.5 Å². The van der Waals surface area contributed by atoms with E-state index in [1.165, 1.54) is 0 Å². The molecule has 1 saturated heterocycles. The van der Waals surface area contributed by atoms with Gasteiger partial charge in [0.05, 0.1) is 27.4 Å². The maximum absolute atomic E-state index is 12.7. The molecule has 0 bridgehead atoms. The summed E-state index contributed by atoms with van der Waals surface area (Å²) in [6.07, 6.45) is 1.92. The fourth-order valence-electron chi connectivity index (χ4n) is 3.44. The summed E-state index contributed by atoms with van der Waals surface area (Å²) in [7, 11) is 4.88. The molecule has 1 aliphatic heterocycles. The van der Waals surface area contributed by atoms with Crippen molar-refractivity contribution < 1.29 is 19.0 Å². The number of hydrogen-bond donors (Lipinski definition) is 1. The van der Waals surface area contributed by atoms with Gasteiger partial charge >= 0.3 is 6.03 Å². The van der Waals surface area contributed by atoms with Crippen LogP contribution in [0, 0.1) is 0 Å². The number of methoxy groups -OCH3 is 3. The monoisotopic (exact) mass is 370 g/mol. The number of carbonyl (C=O) groups excluding carboxylic acids is 1. The van der Waals surface area contributed by atoms with Crippen LogP contribution in [-0.2, 0) is 6.54 Å². The zero-order valence-electron chi connectivity index (χ0n) is 16.0. The van der Waals surface area contributed by atoms with Gasteiger partial charge in [-0.1, -0.05) is 18.2 Å². The van der Waals surface area contributed by atoms with Gasteiger partial charge in [0.1, 0.15) is 5.75 Å². The maximum atomic E-state index is 12.7. The van der Waals surface area contributed by atoms with E-state index in [1.807, 2.05) is 47.4 Å². The second-order valence-electron chi connectivity index (χ2n) is 6.47. The first-order valence-corrected chi connectivity index (χ1v) is 9.05. The second kappa shape index (κ2) is 8.66. The van der Waals surface area contributed by atoms with Crippen LogP contribution in [0.1, 0.15) is 30.0 Å². The number of rotatable bonds is 6. The fraction of sp³-hybridized carbons (Fsp3) is 0.381. The molecule has 0 aliphatic carbocycles. The van der Waals surface area contributed by atoms with E-state index in [1.54, 1.807) is 21.3 Å². The van der Waals surface area contributed by atoms with Gasteiger partial charge in [-0.15, -0.1) is 0 Å². The van der Waals surface area contributed by atoms with Crippen molar-refractivity contribution in [3.05, 3.63) is 53.6 Å². The summed E-state index contributed by atoms with van der Waals surface area (Å²) in [6.45, 7) is 1.23. The van der Waals surface area contributed by atoms with E-state index in [4.69, 9.17) is 14.2 Å². The van der Waals surface area contributed by atoms with Gasteiger partial charge in [-0.3, -0.25) is 0 Å². The summed E-state index contributed by atoms with van der Waals surface area (Å²) < 4.78 is 15.9. The molecule has 1 fully saturated rings. The summed E-state index contributed by atoms with van der Waals surface area (Å²) in [5, 5.41) is 3.02. The summed E-state index contributed by atoms with van der Waals surface area (Å²) in [5.74, 6) is 2.17. The van der Waals surface area contributed by atoms with E-state index in [0.717, 1.165) is 36.3 Å². The molecule has 1 heterocycles. The summed E-state index contributed by atoms with van der Waals surface area (Å²) in [5.41, 5.74) is 2.09. The van der Waals surface area contributed by atoms with Crippen LogP contribution in [0.2, 0.25) is 0 Å². The predicted molar refractivity (Wildman–Crippen MR) is 103 cm³/mol. The Morgan fingerprint density at radius 2 is 1.78 bits per heavy atom. The smallest absolute Gasteiger partial charge is 0.318 e. The van der Waals surface area contributed by atoms with Crippen LogP contribution in [0.25, 0.3) is 0 Å². The average molecular weight is 370 g/mol. The standard InChI is InChI=1S/C21H26N2O4/c1-25-17-9-6-15(7-10-17)14-22-21(24)23-12-4-5-18(23)16-8-11-19(26-2)20(13-16)27-3/h6-11,13,18H,4-5,12,14H2,1-3H3,(H,22,24). The van der Waals surface area contributed by atoms with Crippen molar-refractivity contribution in [1.82, 2.24) is 10.2 Å². The van der Waals surface area contributed by atoms with Crippen molar-refractivity contribution in [2.75, 3.05) is 27.9 Å². The summed E-state index contributed by atoms with van der Waals surface area (Å²) in [6, 6.07) is 13.5. The molecule has 0 spiro atoms. The number of carbonyl (C=O) groups is 1. The van der Waals surface area contributed by atoms with Gasteiger partial charge in [0, 0.05) is 13.1 Å². The van der Waals surface area contributed by atoms with E-state index in [0.29, 0.717) is 18.0 Å². The van der Waals surface area contributed by atoms with Crippen LogP contribution in [0.4, 0.5) is 4.79 Å². The molecule has 144 valence electrons. The number of amides is 2. The molecular weight excluding hydrogens is 344 g/mol. The minimum absolute atomic E-state index is 0.0423. The Labute approximate surface area is 160 Å². The Morgan fingerprint density at radius 3 is 2.44 bits per heavy atom. The first-order chi connectivity index (χ1) is 13.2. The molecule has 3 rings (SSSR count). The number of likely N-dealkylation sites (tertiary alicyclic amines) is 1. The first kappa shape index (κ1) is 18.9. The molecule has 1 N–H and O–H groups in total. The highest BCUT2D eigenvalue weighted by Gasteiger charge is 2.30. The minimum Gasteiger partial charge on any atom is -0.497 e. The molecule has 1 aliphatic rings. The van der Waals surface area contributed by atoms with Gasteiger partial charge in [0.2, 0.25) is 0 Å². The highest BCUT2D eigenvalue weighted by molar-refractivity contribution is 5.75. The predicted octanol–water partition coefficient (Wildman–Crippen LogP) is 3.76. The van der Waals surface area contributed by atoms with Crippen molar-refractivity contribution in [2.24, 2.45) is 0 Å².